The topological polar surface area (TPSA) is 96.9 Å². The van der Waals surface area contributed by atoms with E-state index in [1.54, 1.807) is 6.92 Å². The van der Waals surface area contributed by atoms with Crippen LogP contribution in [0.5, 0.6) is 0 Å². The number of nitrogens with one attached hydrogen (secondary N) is 1. The minimum absolute atomic E-state index is 0.0383. The molecule has 0 radical (unpaired) electrons. The molecule has 0 fully saturated rings. The van der Waals surface area contributed by atoms with Crippen molar-refractivity contribution < 1.29 is 27.9 Å². The Morgan fingerprint density at radius 1 is 1.56 bits per heavy atom. The van der Waals surface area contributed by atoms with Gasteiger partial charge >= 0.3 is 6.18 Å². The van der Waals surface area contributed by atoms with Gasteiger partial charge in [-0.2, -0.15) is 13.2 Å². The first-order valence-corrected chi connectivity index (χ1v) is 5.15. The highest BCUT2D eigenvalue weighted by molar-refractivity contribution is 5.83. The molecule has 0 aliphatic heterocycles. The number of carbonyl (C=O) groups excluding carboxylic acids is 1. The predicted molar refractivity (Wildman–Crippen MR) is 57.1 cm³/mol. The maximum Gasteiger partial charge on any atom is 0.411 e. The van der Waals surface area contributed by atoms with Crippen molar-refractivity contribution >= 4 is 11.7 Å². The summed E-state index contributed by atoms with van der Waals surface area (Å²) >= 11 is 0. The lowest BCUT2D eigenvalue weighted by Gasteiger charge is -2.11. The molecule has 0 aliphatic carbocycles. The minimum atomic E-state index is -4.39. The van der Waals surface area contributed by atoms with Gasteiger partial charge in [0.25, 0.3) is 0 Å². The van der Waals surface area contributed by atoms with Gasteiger partial charge in [0.1, 0.15) is 12.4 Å². The van der Waals surface area contributed by atoms with E-state index in [-0.39, 0.29) is 31.3 Å². The fourth-order valence-electron chi connectivity index (χ4n) is 0.911. The molecule has 0 aromatic heterocycles. The highest BCUT2D eigenvalue weighted by Gasteiger charge is 2.27. The first kappa shape index (κ1) is 16.5. The lowest BCUT2D eigenvalue weighted by Crippen LogP contribution is -2.35. The molecule has 0 saturated heterocycles. The Morgan fingerprint density at radius 2 is 2.17 bits per heavy atom. The number of nitrogens with zero attached hydrogens (tertiary/aromatic N) is 1. The largest absolute Gasteiger partial charge is 0.411 e. The monoisotopic (exact) mass is 271 g/mol. The second-order valence-electron chi connectivity index (χ2n) is 3.65. The Bertz CT molecular complexity index is 295. The van der Waals surface area contributed by atoms with Crippen molar-refractivity contribution in [1.29, 1.82) is 0 Å². The van der Waals surface area contributed by atoms with Crippen molar-refractivity contribution in [2.24, 2.45) is 16.8 Å². The summed E-state index contributed by atoms with van der Waals surface area (Å²) in [7, 11) is 0. The number of alkyl halides is 3. The molecule has 4 N–H and O–H groups in total. The number of carbonyl (C=O) groups is 1. The third kappa shape index (κ3) is 8.62. The second kappa shape index (κ2) is 7.75. The summed E-state index contributed by atoms with van der Waals surface area (Å²) in [6, 6.07) is 0. The molecule has 0 aromatic rings. The normalized spacial score (nSPS) is 14.3. The van der Waals surface area contributed by atoms with Gasteiger partial charge in [0.05, 0.1) is 6.61 Å². The second-order valence-corrected chi connectivity index (χ2v) is 3.65. The van der Waals surface area contributed by atoms with Gasteiger partial charge in [0.15, 0.2) is 0 Å². The summed E-state index contributed by atoms with van der Waals surface area (Å²) in [6.07, 6.45) is -4.57. The van der Waals surface area contributed by atoms with Gasteiger partial charge in [-0.15, -0.1) is 0 Å². The molecule has 1 atom stereocenters. The van der Waals surface area contributed by atoms with E-state index in [4.69, 9.17) is 10.9 Å². The standard InChI is InChI=1S/C9H16F3N3O3/c1-6(8(13)15-17)4-14-7(16)2-3-18-5-9(10,11)12/h6,17H,2-5H2,1H3,(H2,13,15)(H,14,16). The molecular weight excluding hydrogens is 255 g/mol. The van der Waals surface area contributed by atoms with E-state index in [1.807, 2.05) is 0 Å². The fourth-order valence-corrected chi connectivity index (χ4v) is 0.911. The molecule has 0 saturated carbocycles. The van der Waals surface area contributed by atoms with E-state index >= 15 is 0 Å². The Balaban J connectivity index is 3.67. The zero-order valence-corrected chi connectivity index (χ0v) is 9.83. The Labute approximate surface area is 102 Å². The van der Waals surface area contributed by atoms with Crippen molar-refractivity contribution in [2.45, 2.75) is 19.5 Å². The van der Waals surface area contributed by atoms with Crippen LogP contribution in [0.15, 0.2) is 5.16 Å². The van der Waals surface area contributed by atoms with Crippen LogP contribution in [0.1, 0.15) is 13.3 Å². The fraction of sp³-hybridized carbons (Fsp3) is 0.778. The van der Waals surface area contributed by atoms with E-state index in [0.29, 0.717) is 0 Å². The van der Waals surface area contributed by atoms with Crippen LogP contribution in [0.2, 0.25) is 0 Å². The highest BCUT2D eigenvalue weighted by Crippen LogP contribution is 2.14. The molecule has 0 rings (SSSR count). The molecule has 0 spiro atoms. The van der Waals surface area contributed by atoms with Crippen LogP contribution in [-0.4, -0.2) is 42.9 Å². The molecule has 1 amide bonds. The lowest BCUT2D eigenvalue weighted by molar-refractivity contribution is -0.174. The van der Waals surface area contributed by atoms with Crippen molar-refractivity contribution in [1.82, 2.24) is 5.32 Å². The van der Waals surface area contributed by atoms with E-state index < -0.39 is 18.7 Å². The number of halogens is 3. The minimum Gasteiger partial charge on any atom is -0.409 e. The molecule has 0 aliphatic rings. The van der Waals surface area contributed by atoms with E-state index in [1.165, 1.54) is 0 Å². The van der Waals surface area contributed by atoms with Crippen molar-refractivity contribution in [2.75, 3.05) is 19.8 Å². The van der Waals surface area contributed by atoms with Crippen LogP contribution >= 0.6 is 0 Å². The molecule has 6 nitrogen and oxygen atoms in total. The zero-order chi connectivity index (χ0) is 14.2. The maximum absolute atomic E-state index is 11.7. The lowest BCUT2D eigenvalue weighted by atomic mass is 10.1. The summed E-state index contributed by atoms with van der Waals surface area (Å²) in [6.45, 7) is 0.0631. The van der Waals surface area contributed by atoms with Gasteiger partial charge < -0.3 is 21.0 Å². The molecule has 18 heavy (non-hydrogen) atoms. The number of rotatable bonds is 7. The van der Waals surface area contributed by atoms with Gasteiger partial charge in [-0.25, -0.2) is 0 Å². The SMILES string of the molecule is CC(CNC(=O)CCOCC(F)(F)F)C(N)=NO. The van der Waals surface area contributed by atoms with Gasteiger partial charge in [-0.1, -0.05) is 12.1 Å². The Morgan fingerprint density at radius 3 is 2.67 bits per heavy atom. The van der Waals surface area contributed by atoms with E-state index in [9.17, 15) is 18.0 Å². The zero-order valence-electron chi connectivity index (χ0n) is 9.83. The third-order valence-electron chi connectivity index (χ3n) is 1.96. The van der Waals surface area contributed by atoms with Gasteiger partial charge in [-0.3, -0.25) is 4.79 Å². The number of oxime groups is 1. The van der Waals surface area contributed by atoms with Crippen LogP contribution in [-0.2, 0) is 9.53 Å². The molecular formula is C9H16F3N3O3. The van der Waals surface area contributed by atoms with Crippen LogP contribution in [0.25, 0.3) is 0 Å². The predicted octanol–water partition coefficient (Wildman–Crippen LogP) is 0.454. The van der Waals surface area contributed by atoms with Gasteiger partial charge in [0.2, 0.25) is 5.91 Å². The molecule has 9 heteroatoms. The van der Waals surface area contributed by atoms with Gasteiger partial charge in [0, 0.05) is 18.9 Å². The third-order valence-corrected chi connectivity index (χ3v) is 1.96. The molecule has 0 heterocycles. The van der Waals surface area contributed by atoms with E-state index in [2.05, 4.69) is 15.2 Å². The van der Waals surface area contributed by atoms with Gasteiger partial charge in [-0.05, 0) is 0 Å². The summed E-state index contributed by atoms with van der Waals surface area (Å²) in [5.41, 5.74) is 5.27. The number of amidine groups is 1. The highest BCUT2D eigenvalue weighted by atomic mass is 19.4. The molecule has 1 unspecified atom stereocenters. The van der Waals surface area contributed by atoms with Crippen LogP contribution in [0.4, 0.5) is 13.2 Å². The summed E-state index contributed by atoms with van der Waals surface area (Å²) in [5, 5.41) is 13.5. The van der Waals surface area contributed by atoms with Crippen LogP contribution in [0, 0.1) is 5.92 Å². The number of nitrogens with two attached hydrogens (primary N) is 1. The van der Waals surface area contributed by atoms with Crippen molar-refractivity contribution in [3.8, 4) is 0 Å². The Hall–Kier alpha value is -1.51. The Kier molecular flexibility index (Phi) is 7.10. The summed E-state index contributed by atoms with van der Waals surface area (Å²) in [5.74, 6) is -0.867. The first-order valence-electron chi connectivity index (χ1n) is 5.15. The number of ether oxygens (including phenoxy) is 1. The molecule has 0 bridgehead atoms. The van der Waals surface area contributed by atoms with Crippen LogP contribution < -0.4 is 11.1 Å². The summed E-state index contributed by atoms with van der Waals surface area (Å²) in [4.78, 5) is 11.2. The van der Waals surface area contributed by atoms with Crippen molar-refractivity contribution in [3.63, 3.8) is 0 Å². The number of amides is 1. The smallest absolute Gasteiger partial charge is 0.409 e. The van der Waals surface area contributed by atoms with Crippen molar-refractivity contribution in [3.05, 3.63) is 0 Å². The van der Waals surface area contributed by atoms with Crippen LogP contribution in [0.3, 0.4) is 0 Å². The quantitative estimate of drug-likeness (QED) is 0.206. The molecule has 0 aromatic carbocycles. The summed E-state index contributed by atoms with van der Waals surface area (Å²) < 4.78 is 39.3. The first-order chi connectivity index (χ1) is 8.26. The average Bonchev–Trinajstić information content (AvgIpc) is 2.29. The average molecular weight is 271 g/mol. The van der Waals surface area contributed by atoms with E-state index in [0.717, 1.165) is 0 Å². The number of hydrogen-bond donors (Lipinski definition) is 3. The maximum atomic E-state index is 11.7. The number of hydrogen-bond acceptors (Lipinski definition) is 4. The molecule has 106 valence electrons.